The van der Waals surface area contributed by atoms with Gasteiger partial charge in [0.15, 0.2) is 18.9 Å². The third-order valence-corrected chi connectivity index (χ3v) is 4.96. The molecule has 0 bridgehead atoms. The summed E-state index contributed by atoms with van der Waals surface area (Å²) in [5, 5.41) is 54.1. The first-order valence-electron chi connectivity index (χ1n) is 14.1. The lowest BCUT2D eigenvalue weighted by molar-refractivity contribution is -0.193. The van der Waals surface area contributed by atoms with Gasteiger partial charge in [-0.2, -0.15) is 0 Å². The Balaban J connectivity index is 4.37. The molecule has 8 N–H and O–H groups in total. The van der Waals surface area contributed by atoms with Gasteiger partial charge < -0.3 is 88.5 Å². The van der Waals surface area contributed by atoms with E-state index in [0.29, 0.717) is 13.2 Å². The maximum Gasteiger partial charge on any atom is 0.180 e. The first-order valence-corrected chi connectivity index (χ1v) is 14.1. The highest BCUT2D eigenvalue weighted by Gasteiger charge is 2.14. The van der Waals surface area contributed by atoms with E-state index in [2.05, 4.69) is 0 Å². The molecule has 0 rings (SSSR count). The minimum atomic E-state index is -1.30. The van der Waals surface area contributed by atoms with Crippen LogP contribution in [0, 0.1) is 0 Å². The summed E-state index contributed by atoms with van der Waals surface area (Å²) in [6, 6.07) is 0. The normalized spacial score (nSPS) is 15.4. The van der Waals surface area contributed by atoms with E-state index in [-0.39, 0.29) is 99.2 Å². The van der Waals surface area contributed by atoms with Crippen LogP contribution in [-0.4, -0.2) is 194 Å². The standard InChI is InChI=1S/C25H53NO17/c26-20-37-4-3-34-17-22(19-36-6-8-40-23(31)13-28)38-7-5-35-18-21(16-33-2-1-27)39-9-11-42-25(15-30)43-12-10-41-24(32)14-29/h21-25,27-32H,1-20,26H2. The van der Waals surface area contributed by atoms with Crippen LogP contribution in [0.2, 0.25) is 0 Å². The van der Waals surface area contributed by atoms with E-state index < -0.39 is 50.9 Å². The molecule has 0 saturated carbocycles. The van der Waals surface area contributed by atoms with Crippen LogP contribution in [0.3, 0.4) is 0 Å². The first-order chi connectivity index (χ1) is 21.0. The molecule has 5 atom stereocenters. The topological polar surface area (TPSA) is 249 Å². The molecular formula is C25H53NO17. The number of nitrogens with two attached hydrogens (primary N) is 1. The zero-order valence-corrected chi connectivity index (χ0v) is 24.8. The van der Waals surface area contributed by atoms with E-state index in [1.54, 1.807) is 0 Å². The molecule has 260 valence electrons. The molecule has 5 unspecified atom stereocenters. The van der Waals surface area contributed by atoms with Gasteiger partial charge in [-0.25, -0.2) is 0 Å². The van der Waals surface area contributed by atoms with Crippen LogP contribution in [0.25, 0.3) is 0 Å². The van der Waals surface area contributed by atoms with Gasteiger partial charge in [-0.3, -0.25) is 0 Å². The monoisotopic (exact) mass is 639 g/mol. The Hall–Kier alpha value is -0.720. The van der Waals surface area contributed by atoms with Crippen molar-refractivity contribution in [3.8, 4) is 0 Å². The highest BCUT2D eigenvalue weighted by molar-refractivity contribution is 4.58. The summed E-state index contributed by atoms with van der Waals surface area (Å²) in [4.78, 5) is 0. The summed E-state index contributed by atoms with van der Waals surface area (Å²) in [5.41, 5.74) is 5.28. The van der Waals surface area contributed by atoms with Crippen molar-refractivity contribution in [2.75, 3.05) is 132 Å². The zero-order chi connectivity index (χ0) is 31.8. The number of hydrogen-bond acceptors (Lipinski definition) is 18. The van der Waals surface area contributed by atoms with Crippen molar-refractivity contribution in [1.82, 2.24) is 0 Å². The van der Waals surface area contributed by atoms with Crippen LogP contribution < -0.4 is 5.73 Å². The molecule has 0 heterocycles. The maximum absolute atomic E-state index is 9.38. The maximum atomic E-state index is 9.38. The van der Waals surface area contributed by atoms with Crippen LogP contribution >= 0.6 is 0 Å². The summed E-state index contributed by atoms with van der Waals surface area (Å²) in [6.45, 7) is 1.00. The van der Waals surface area contributed by atoms with E-state index in [1.165, 1.54) is 0 Å². The quantitative estimate of drug-likeness (QED) is 0.0256. The van der Waals surface area contributed by atoms with E-state index in [4.69, 9.17) is 78.3 Å². The van der Waals surface area contributed by atoms with Gasteiger partial charge in [0.25, 0.3) is 0 Å². The van der Waals surface area contributed by atoms with Crippen LogP contribution in [0.1, 0.15) is 0 Å². The van der Waals surface area contributed by atoms with Crippen molar-refractivity contribution >= 4 is 0 Å². The lowest BCUT2D eigenvalue weighted by atomic mass is 10.4. The molecule has 43 heavy (non-hydrogen) atoms. The van der Waals surface area contributed by atoms with Crippen molar-refractivity contribution < 1.29 is 82.7 Å². The number of ether oxygens (including phenoxy) is 11. The average Bonchev–Trinajstić information content (AvgIpc) is 3.02. The summed E-state index contributed by atoms with van der Waals surface area (Å²) in [5.74, 6) is 0. The Bertz CT molecular complexity index is 556. The molecule has 18 nitrogen and oxygen atoms in total. The summed E-state index contributed by atoms with van der Waals surface area (Å²) in [6.07, 6.45) is -4.38. The number of rotatable bonds is 35. The fourth-order valence-electron chi connectivity index (χ4n) is 2.95. The average molecular weight is 640 g/mol. The molecule has 0 aliphatic carbocycles. The Labute approximate surface area is 252 Å². The molecule has 0 spiro atoms. The molecule has 0 radical (unpaired) electrons. The van der Waals surface area contributed by atoms with Crippen molar-refractivity contribution in [1.29, 1.82) is 0 Å². The van der Waals surface area contributed by atoms with Crippen molar-refractivity contribution in [3.63, 3.8) is 0 Å². The largest absolute Gasteiger partial charge is 0.394 e. The molecule has 0 aliphatic rings. The van der Waals surface area contributed by atoms with E-state index >= 15 is 0 Å². The second-order valence-electron chi connectivity index (χ2n) is 8.45. The lowest BCUT2D eigenvalue weighted by Gasteiger charge is -2.21. The van der Waals surface area contributed by atoms with Crippen molar-refractivity contribution in [2.24, 2.45) is 5.73 Å². The van der Waals surface area contributed by atoms with E-state index in [0.717, 1.165) is 0 Å². The molecule has 0 saturated heterocycles. The molecular weight excluding hydrogens is 586 g/mol. The third kappa shape index (κ3) is 28.5. The first kappa shape index (κ1) is 42.3. The summed E-state index contributed by atoms with van der Waals surface area (Å²) >= 11 is 0. The minimum Gasteiger partial charge on any atom is -0.394 e. The van der Waals surface area contributed by atoms with E-state index in [9.17, 15) is 10.2 Å². The molecule has 0 aromatic carbocycles. The summed E-state index contributed by atoms with van der Waals surface area (Å²) < 4.78 is 59.1. The number of aliphatic hydroxyl groups is 6. The highest BCUT2D eigenvalue weighted by atomic mass is 16.7. The van der Waals surface area contributed by atoms with Gasteiger partial charge in [0.05, 0.1) is 132 Å². The van der Waals surface area contributed by atoms with Crippen LogP contribution in [0.4, 0.5) is 0 Å². The molecule has 0 aromatic heterocycles. The second kappa shape index (κ2) is 32.7. The van der Waals surface area contributed by atoms with Gasteiger partial charge in [0, 0.05) is 0 Å². The third-order valence-electron chi connectivity index (χ3n) is 4.96. The zero-order valence-electron chi connectivity index (χ0n) is 24.8. The van der Waals surface area contributed by atoms with Crippen molar-refractivity contribution in [2.45, 2.75) is 31.1 Å². The van der Waals surface area contributed by atoms with Gasteiger partial charge >= 0.3 is 0 Å². The highest BCUT2D eigenvalue weighted by Crippen LogP contribution is 2.01. The molecule has 0 amide bonds. The number of aliphatic hydroxyl groups excluding tert-OH is 6. The fourth-order valence-corrected chi connectivity index (χ4v) is 2.95. The molecule has 0 aliphatic heterocycles. The molecule has 0 aromatic rings. The SMILES string of the molecule is NCOCCOCC(COCCOC(O)CO)OCCOCC(COCCO)OCCOC(CO)OCCOC(O)CO. The van der Waals surface area contributed by atoms with Gasteiger partial charge in [-0.15, -0.1) is 0 Å². The minimum absolute atomic E-state index is 0.000642. The van der Waals surface area contributed by atoms with Gasteiger partial charge in [-0.1, -0.05) is 0 Å². The van der Waals surface area contributed by atoms with Crippen LogP contribution in [0.5, 0.6) is 0 Å². The lowest BCUT2D eigenvalue weighted by Crippen LogP contribution is -2.31. The van der Waals surface area contributed by atoms with Crippen molar-refractivity contribution in [3.05, 3.63) is 0 Å². The van der Waals surface area contributed by atoms with Crippen LogP contribution in [0.15, 0.2) is 0 Å². The van der Waals surface area contributed by atoms with Gasteiger partial charge in [-0.05, 0) is 0 Å². The fraction of sp³-hybridized carbons (Fsp3) is 1.00. The van der Waals surface area contributed by atoms with Crippen LogP contribution in [-0.2, 0) is 52.1 Å². The Morgan fingerprint density at radius 3 is 1.23 bits per heavy atom. The van der Waals surface area contributed by atoms with Gasteiger partial charge in [0.2, 0.25) is 0 Å². The predicted molar refractivity (Wildman–Crippen MR) is 146 cm³/mol. The Morgan fingerprint density at radius 1 is 0.419 bits per heavy atom. The summed E-state index contributed by atoms with van der Waals surface area (Å²) in [7, 11) is 0. The molecule has 0 fully saturated rings. The number of hydrogen-bond donors (Lipinski definition) is 7. The Kier molecular flexibility index (Phi) is 32.1. The smallest absolute Gasteiger partial charge is 0.180 e. The van der Waals surface area contributed by atoms with E-state index in [1.807, 2.05) is 0 Å². The second-order valence-corrected chi connectivity index (χ2v) is 8.45. The Morgan fingerprint density at radius 2 is 0.791 bits per heavy atom. The molecule has 18 heteroatoms. The predicted octanol–water partition coefficient (Wildman–Crippen LogP) is -4.25. The van der Waals surface area contributed by atoms with Gasteiger partial charge in [0.1, 0.15) is 12.2 Å².